The van der Waals surface area contributed by atoms with Crippen molar-refractivity contribution in [1.29, 1.82) is 0 Å². The predicted octanol–water partition coefficient (Wildman–Crippen LogP) is 0.919. The maximum absolute atomic E-state index is 11.6. The average molecular weight is 221 g/mol. The van der Waals surface area contributed by atoms with Gasteiger partial charge in [0, 0.05) is 6.04 Å². The summed E-state index contributed by atoms with van der Waals surface area (Å²) >= 11 is 0. The van der Waals surface area contributed by atoms with Crippen molar-refractivity contribution in [1.82, 2.24) is 19.5 Å². The molecular weight excluding hydrogens is 206 g/mol. The summed E-state index contributed by atoms with van der Waals surface area (Å²) < 4.78 is 1.88. The Balaban J connectivity index is 2.69. The molecule has 0 aromatic carbocycles. The van der Waals surface area contributed by atoms with Gasteiger partial charge in [-0.15, -0.1) is 0 Å². The van der Waals surface area contributed by atoms with Crippen LogP contribution in [0.5, 0.6) is 0 Å². The van der Waals surface area contributed by atoms with Gasteiger partial charge in [0.1, 0.15) is 0 Å². The Bertz CT molecular complexity index is 568. The topological polar surface area (TPSA) is 89.6 Å². The number of rotatable bonds is 2. The van der Waals surface area contributed by atoms with E-state index in [1.54, 1.807) is 6.33 Å². The van der Waals surface area contributed by atoms with E-state index in [1.165, 1.54) is 0 Å². The molecular formula is C10H15N5O. The summed E-state index contributed by atoms with van der Waals surface area (Å²) in [6.07, 6.45) is 1.64. The highest BCUT2D eigenvalue weighted by atomic mass is 16.1. The molecule has 0 radical (unpaired) electrons. The molecule has 1 unspecified atom stereocenters. The Hall–Kier alpha value is -1.85. The second kappa shape index (κ2) is 3.62. The fourth-order valence-electron chi connectivity index (χ4n) is 1.56. The number of hydrogen-bond acceptors (Lipinski definition) is 4. The van der Waals surface area contributed by atoms with E-state index < -0.39 is 0 Å². The summed E-state index contributed by atoms with van der Waals surface area (Å²) in [4.78, 5) is 22.2. The quantitative estimate of drug-likeness (QED) is 0.789. The molecule has 0 fully saturated rings. The van der Waals surface area contributed by atoms with E-state index in [9.17, 15) is 4.79 Å². The predicted molar refractivity (Wildman–Crippen MR) is 62.1 cm³/mol. The molecule has 0 spiro atoms. The Morgan fingerprint density at radius 3 is 2.75 bits per heavy atom. The van der Waals surface area contributed by atoms with Gasteiger partial charge in [-0.2, -0.15) is 4.98 Å². The second-order valence-electron chi connectivity index (χ2n) is 4.26. The van der Waals surface area contributed by atoms with Gasteiger partial charge in [-0.05, 0) is 12.8 Å². The average Bonchev–Trinajstić information content (AvgIpc) is 2.60. The van der Waals surface area contributed by atoms with Crippen molar-refractivity contribution >= 4 is 17.1 Å². The van der Waals surface area contributed by atoms with Gasteiger partial charge in [0.05, 0.1) is 6.33 Å². The number of aromatic nitrogens is 4. The number of nitrogen functional groups attached to an aromatic ring is 1. The van der Waals surface area contributed by atoms with Gasteiger partial charge in [-0.1, -0.05) is 13.8 Å². The van der Waals surface area contributed by atoms with E-state index in [0.29, 0.717) is 17.1 Å². The number of anilines is 1. The van der Waals surface area contributed by atoms with Crippen LogP contribution in [0.2, 0.25) is 0 Å². The summed E-state index contributed by atoms with van der Waals surface area (Å²) in [5.74, 6) is 0.551. The van der Waals surface area contributed by atoms with E-state index in [-0.39, 0.29) is 17.5 Å². The SMILES string of the molecule is CC(C)C(C)n1cnc2c(=O)[nH]c(N)nc21. The first-order valence-electron chi connectivity index (χ1n) is 5.23. The van der Waals surface area contributed by atoms with Crippen molar-refractivity contribution in [3.05, 3.63) is 16.7 Å². The minimum absolute atomic E-state index is 0.121. The van der Waals surface area contributed by atoms with Gasteiger partial charge in [0.25, 0.3) is 5.56 Å². The summed E-state index contributed by atoms with van der Waals surface area (Å²) in [6, 6.07) is 0.221. The van der Waals surface area contributed by atoms with Crippen molar-refractivity contribution in [2.24, 2.45) is 5.92 Å². The number of imidazole rings is 1. The van der Waals surface area contributed by atoms with Crippen LogP contribution in [0.25, 0.3) is 11.2 Å². The summed E-state index contributed by atoms with van der Waals surface area (Å²) in [6.45, 7) is 6.27. The highest BCUT2D eigenvalue weighted by Gasteiger charge is 2.15. The van der Waals surface area contributed by atoms with Gasteiger partial charge in [0.15, 0.2) is 11.2 Å². The molecule has 2 rings (SSSR count). The zero-order valence-electron chi connectivity index (χ0n) is 9.56. The lowest BCUT2D eigenvalue weighted by Crippen LogP contribution is -2.15. The van der Waals surface area contributed by atoms with E-state index in [4.69, 9.17) is 5.73 Å². The molecule has 0 aliphatic carbocycles. The fraction of sp³-hybridized carbons (Fsp3) is 0.500. The summed E-state index contributed by atoms with van der Waals surface area (Å²) in [5, 5.41) is 0. The molecule has 1 atom stereocenters. The van der Waals surface area contributed by atoms with Crippen LogP contribution in [-0.2, 0) is 0 Å². The van der Waals surface area contributed by atoms with E-state index in [2.05, 4.69) is 35.7 Å². The van der Waals surface area contributed by atoms with Gasteiger partial charge < -0.3 is 10.3 Å². The normalized spacial score (nSPS) is 13.5. The van der Waals surface area contributed by atoms with Gasteiger partial charge in [0.2, 0.25) is 5.95 Å². The maximum atomic E-state index is 11.6. The minimum atomic E-state index is -0.294. The number of nitrogens with one attached hydrogen (secondary N) is 1. The third-order valence-electron chi connectivity index (χ3n) is 2.85. The van der Waals surface area contributed by atoms with Gasteiger partial charge in [-0.3, -0.25) is 9.78 Å². The molecule has 16 heavy (non-hydrogen) atoms. The number of aromatic amines is 1. The molecule has 2 aromatic rings. The first-order valence-corrected chi connectivity index (χ1v) is 5.23. The van der Waals surface area contributed by atoms with Crippen LogP contribution in [0.15, 0.2) is 11.1 Å². The number of hydrogen-bond donors (Lipinski definition) is 2. The molecule has 0 saturated heterocycles. The maximum Gasteiger partial charge on any atom is 0.280 e. The highest BCUT2D eigenvalue weighted by Crippen LogP contribution is 2.20. The third-order valence-corrected chi connectivity index (χ3v) is 2.85. The standard InChI is InChI=1S/C10H15N5O/c1-5(2)6(3)15-4-12-7-8(15)13-10(11)14-9(7)16/h4-6H,1-3H3,(H3,11,13,14,16). The summed E-state index contributed by atoms with van der Waals surface area (Å²) in [5.41, 5.74) is 6.11. The molecule has 6 nitrogen and oxygen atoms in total. The minimum Gasteiger partial charge on any atom is -0.369 e. The molecule has 0 bridgehead atoms. The molecule has 3 N–H and O–H groups in total. The Kier molecular flexibility index (Phi) is 2.41. The number of H-pyrrole nitrogens is 1. The smallest absolute Gasteiger partial charge is 0.280 e. The van der Waals surface area contributed by atoms with Crippen LogP contribution in [0, 0.1) is 5.92 Å². The van der Waals surface area contributed by atoms with E-state index >= 15 is 0 Å². The second-order valence-corrected chi connectivity index (χ2v) is 4.26. The van der Waals surface area contributed by atoms with Crippen molar-refractivity contribution in [2.45, 2.75) is 26.8 Å². The fourth-order valence-corrected chi connectivity index (χ4v) is 1.56. The molecule has 0 amide bonds. The van der Waals surface area contributed by atoms with Gasteiger partial charge >= 0.3 is 0 Å². The molecule has 6 heteroatoms. The molecule has 0 aliphatic heterocycles. The number of nitrogens with zero attached hydrogens (tertiary/aromatic N) is 3. The van der Waals surface area contributed by atoms with Crippen LogP contribution in [0.4, 0.5) is 5.95 Å². The third kappa shape index (κ3) is 1.56. The zero-order valence-corrected chi connectivity index (χ0v) is 9.56. The first-order chi connectivity index (χ1) is 7.50. The van der Waals surface area contributed by atoms with E-state index in [1.807, 2.05) is 4.57 Å². The summed E-state index contributed by atoms with van der Waals surface area (Å²) in [7, 11) is 0. The molecule has 2 heterocycles. The number of fused-ring (bicyclic) bond motifs is 1. The van der Waals surface area contributed by atoms with Crippen LogP contribution in [0.1, 0.15) is 26.8 Å². The Labute approximate surface area is 92.5 Å². The van der Waals surface area contributed by atoms with Crippen LogP contribution in [-0.4, -0.2) is 19.5 Å². The Morgan fingerprint density at radius 2 is 2.12 bits per heavy atom. The number of nitrogens with two attached hydrogens (primary N) is 1. The molecule has 86 valence electrons. The first kappa shape index (κ1) is 10.7. The lowest BCUT2D eigenvalue weighted by atomic mass is 10.1. The van der Waals surface area contributed by atoms with E-state index in [0.717, 1.165) is 0 Å². The zero-order chi connectivity index (χ0) is 11.9. The van der Waals surface area contributed by atoms with Crippen molar-refractivity contribution in [3.63, 3.8) is 0 Å². The van der Waals surface area contributed by atoms with Crippen LogP contribution in [0.3, 0.4) is 0 Å². The molecule has 2 aromatic heterocycles. The van der Waals surface area contributed by atoms with Crippen molar-refractivity contribution < 1.29 is 0 Å². The van der Waals surface area contributed by atoms with Crippen molar-refractivity contribution in [2.75, 3.05) is 5.73 Å². The Morgan fingerprint density at radius 1 is 1.44 bits per heavy atom. The van der Waals surface area contributed by atoms with Gasteiger partial charge in [-0.25, -0.2) is 4.98 Å². The molecule has 0 aliphatic rings. The van der Waals surface area contributed by atoms with Crippen LogP contribution >= 0.6 is 0 Å². The van der Waals surface area contributed by atoms with Crippen molar-refractivity contribution in [3.8, 4) is 0 Å². The molecule has 0 saturated carbocycles. The monoisotopic (exact) mass is 221 g/mol. The lowest BCUT2D eigenvalue weighted by Gasteiger charge is -2.17. The largest absolute Gasteiger partial charge is 0.369 e. The lowest BCUT2D eigenvalue weighted by molar-refractivity contribution is 0.415. The highest BCUT2D eigenvalue weighted by molar-refractivity contribution is 5.70. The van der Waals surface area contributed by atoms with Crippen LogP contribution < -0.4 is 11.3 Å².